The lowest BCUT2D eigenvalue weighted by Crippen LogP contribution is -2.24. The van der Waals surface area contributed by atoms with Gasteiger partial charge in [0.1, 0.15) is 0 Å². The Morgan fingerprint density at radius 3 is 2.67 bits per heavy atom. The van der Waals surface area contributed by atoms with Gasteiger partial charge in [0.25, 0.3) is 0 Å². The monoisotopic (exact) mass is 454 g/mol. The van der Waals surface area contributed by atoms with Crippen LogP contribution in [0.25, 0.3) is 0 Å². The van der Waals surface area contributed by atoms with Crippen LogP contribution in [0, 0.1) is 0 Å². The summed E-state index contributed by atoms with van der Waals surface area (Å²) in [6, 6.07) is 13.0. The van der Waals surface area contributed by atoms with Crippen LogP contribution in [0.1, 0.15) is 36.4 Å². The fourth-order valence-corrected chi connectivity index (χ4v) is 5.36. The molecule has 4 N–H and O–H groups in total. The molecule has 0 aliphatic carbocycles. The molecule has 27 heavy (non-hydrogen) atoms. The third-order valence-corrected chi connectivity index (χ3v) is 7.11. The summed E-state index contributed by atoms with van der Waals surface area (Å²) in [4.78, 5) is 11.2. The summed E-state index contributed by atoms with van der Waals surface area (Å²) in [5.41, 5.74) is 2.53. The molecule has 1 unspecified atom stereocenters. The summed E-state index contributed by atoms with van der Waals surface area (Å²) >= 11 is 3.43. The zero-order chi connectivity index (χ0) is 19.6. The Labute approximate surface area is 168 Å². The van der Waals surface area contributed by atoms with E-state index in [1.54, 1.807) is 17.4 Å². The van der Waals surface area contributed by atoms with Crippen molar-refractivity contribution in [3.8, 4) is 0 Å². The summed E-state index contributed by atoms with van der Waals surface area (Å²) in [6.45, 7) is 0.630. The van der Waals surface area contributed by atoms with Crippen molar-refractivity contribution >= 4 is 38.4 Å². The predicted octanol–water partition coefficient (Wildman–Crippen LogP) is 4.86. The van der Waals surface area contributed by atoms with Crippen LogP contribution in [0.15, 0.2) is 51.8 Å². The molecule has 1 aliphatic heterocycles. The minimum absolute atomic E-state index is 0.149. The van der Waals surface area contributed by atoms with Gasteiger partial charge in [-0.25, -0.2) is 0 Å². The van der Waals surface area contributed by atoms with Crippen molar-refractivity contribution in [1.82, 2.24) is 5.32 Å². The van der Waals surface area contributed by atoms with Crippen molar-refractivity contribution < 1.29 is 19.0 Å². The minimum atomic E-state index is -3.19. The van der Waals surface area contributed by atoms with Crippen molar-refractivity contribution in [2.24, 2.45) is 0 Å². The number of carboxylic acid groups (broad SMARTS) is 1. The molecule has 1 aliphatic rings. The van der Waals surface area contributed by atoms with E-state index >= 15 is 0 Å². The summed E-state index contributed by atoms with van der Waals surface area (Å²) in [6.07, 6.45) is 1.47. The van der Waals surface area contributed by atoms with E-state index in [9.17, 15) is 13.9 Å². The summed E-state index contributed by atoms with van der Waals surface area (Å²) in [5.74, 6) is -0.791. The second-order valence-corrected chi connectivity index (χ2v) is 9.44. The molecule has 2 aromatic rings. The molecule has 0 saturated heterocycles. The number of carbonyl (C=O) groups is 1. The first-order valence-electron chi connectivity index (χ1n) is 8.68. The van der Waals surface area contributed by atoms with E-state index in [1.807, 2.05) is 36.4 Å². The third-order valence-electron chi connectivity index (χ3n) is 4.72. The van der Waals surface area contributed by atoms with Gasteiger partial charge >= 0.3 is 5.97 Å². The first-order valence-corrected chi connectivity index (χ1v) is 11.0. The molecule has 0 saturated carbocycles. The molecule has 0 aromatic heterocycles. The van der Waals surface area contributed by atoms with E-state index in [0.717, 1.165) is 27.7 Å². The van der Waals surface area contributed by atoms with Crippen molar-refractivity contribution in [2.75, 3.05) is 17.9 Å². The Balaban J connectivity index is 1.99. The van der Waals surface area contributed by atoms with Crippen LogP contribution < -0.4 is 9.62 Å². The highest BCUT2D eigenvalue weighted by Crippen LogP contribution is 2.59. The lowest BCUT2D eigenvalue weighted by atomic mass is 9.96. The molecule has 1 atom stereocenters. The maximum absolute atomic E-state index is 11.0. The number of halogens is 1. The molecule has 0 amide bonds. The van der Waals surface area contributed by atoms with E-state index in [2.05, 4.69) is 21.2 Å². The number of para-hydroxylation sites is 1. The smallest absolute Gasteiger partial charge is 0.303 e. The molecular formula is C19H23BrN2O4S. The van der Waals surface area contributed by atoms with Gasteiger partial charge in [0.05, 0.1) is 16.6 Å². The molecule has 1 heterocycles. The standard InChI is InChI=1S/C19H23BrN2O4S/c1-22-16-7-3-2-6-14(16)19(21-11-5-4-8-18(23)24)15-10-9-13(20)12-17(15)27(22,25)26/h2-3,6-7,9-10,12,19,21,25-26H,4-5,8,11H2,1H3,(H,23,24). The van der Waals surface area contributed by atoms with E-state index in [1.165, 1.54) is 0 Å². The molecule has 0 spiro atoms. The lowest BCUT2D eigenvalue weighted by molar-refractivity contribution is -0.137. The SMILES string of the molecule is CN1c2ccccc2C(NCCCCC(=O)O)c2ccc(Br)cc2S1(O)O. The number of nitrogens with zero attached hydrogens (tertiary/aromatic N) is 1. The third kappa shape index (κ3) is 4.14. The highest BCUT2D eigenvalue weighted by atomic mass is 79.9. The normalized spacial score (nSPS) is 19.0. The predicted molar refractivity (Wildman–Crippen MR) is 111 cm³/mol. The number of rotatable bonds is 6. The zero-order valence-corrected chi connectivity index (χ0v) is 17.3. The maximum atomic E-state index is 11.0. The average Bonchev–Trinajstić information content (AvgIpc) is 2.70. The molecule has 2 aromatic carbocycles. The van der Waals surface area contributed by atoms with Crippen molar-refractivity contribution in [2.45, 2.75) is 30.2 Å². The first kappa shape index (κ1) is 20.2. The van der Waals surface area contributed by atoms with Gasteiger partial charge in [0.2, 0.25) is 0 Å². The van der Waals surface area contributed by atoms with Crippen molar-refractivity contribution in [3.05, 3.63) is 58.1 Å². The Bertz CT molecular complexity index is 846. The number of hydrogen-bond donors (Lipinski definition) is 4. The van der Waals surface area contributed by atoms with Gasteiger partial charge in [0, 0.05) is 17.9 Å². The number of anilines is 1. The number of benzene rings is 2. The summed E-state index contributed by atoms with van der Waals surface area (Å²) < 4.78 is 24.3. The van der Waals surface area contributed by atoms with Gasteiger partial charge in [-0.3, -0.25) is 18.2 Å². The van der Waals surface area contributed by atoms with Gasteiger partial charge in [-0.15, -0.1) is 0 Å². The fraction of sp³-hybridized carbons (Fsp3) is 0.316. The number of hydrogen-bond acceptors (Lipinski definition) is 5. The van der Waals surface area contributed by atoms with E-state index < -0.39 is 16.7 Å². The molecular weight excluding hydrogens is 432 g/mol. The van der Waals surface area contributed by atoms with Crippen LogP contribution in [0.2, 0.25) is 0 Å². The van der Waals surface area contributed by atoms with Crippen molar-refractivity contribution in [3.63, 3.8) is 0 Å². The number of carboxylic acids is 1. The van der Waals surface area contributed by atoms with Crippen LogP contribution in [-0.4, -0.2) is 33.8 Å². The molecule has 0 fully saturated rings. The van der Waals surface area contributed by atoms with Gasteiger partial charge in [0.15, 0.2) is 0 Å². The van der Waals surface area contributed by atoms with Gasteiger partial charge < -0.3 is 10.4 Å². The number of aliphatic carboxylic acids is 1. The lowest BCUT2D eigenvalue weighted by Gasteiger charge is -2.41. The Hall–Kier alpha value is -1.58. The fourth-order valence-electron chi connectivity index (χ4n) is 3.32. The summed E-state index contributed by atoms with van der Waals surface area (Å²) in [5, 5.41) is 12.3. The molecule has 0 radical (unpaired) electrons. The number of nitrogens with one attached hydrogen (secondary N) is 1. The van der Waals surface area contributed by atoms with Crippen LogP contribution in [0.5, 0.6) is 0 Å². The highest BCUT2D eigenvalue weighted by molar-refractivity contribution is 9.10. The zero-order valence-electron chi connectivity index (χ0n) is 14.9. The number of fused-ring (bicyclic) bond motifs is 2. The average molecular weight is 455 g/mol. The van der Waals surface area contributed by atoms with E-state index in [-0.39, 0.29) is 12.5 Å². The Morgan fingerprint density at radius 1 is 1.19 bits per heavy atom. The molecule has 0 bridgehead atoms. The summed E-state index contributed by atoms with van der Waals surface area (Å²) in [7, 11) is -1.50. The van der Waals surface area contributed by atoms with Gasteiger partial charge in [-0.2, -0.15) is 0 Å². The van der Waals surface area contributed by atoms with Crippen LogP contribution in [0.4, 0.5) is 5.69 Å². The quantitative estimate of drug-likeness (QED) is 0.465. The highest BCUT2D eigenvalue weighted by Gasteiger charge is 2.35. The molecule has 8 heteroatoms. The molecule has 6 nitrogen and oxygen atoms in total. The second kappa shape index (κ2) is 8.20. The number of unbranched alkanes of at least 4 members (excludes halogenated alkanes) is 1. The van der Waals surface area contributed by atoms with Crippen molar-refractivity contribution in [1.29, 1.82) is 0 Å². The minimum Gasteiger partial charge on any atom is -0.481 e. The van der Waals surface area contributed by atoms with Gasteiger partial charge in [-0.1, -0.05) is 51.0 Å². The molecule has 146 valence electrons. The second-order valence-electron chi connectivity index (χ2n) is 6.50. The van der Waals surface area contributed by atoms with E-state index in [0.29, 0.717) is 17.9 Å². The topological polar surface area (TPSA) is 93.0 Å². The van der Waals surface area contributed by atoms with Crippen LogP contribution in [-0.2, 0) is 4.79 Å². The van der Waals surface area contributed by atoms with Gasteiger partial charge in [-0.05, 0) is 48.7 Å². The largest absolute Gasteiger partial charge is 0.481 e. The first-order chi connectivity index (χ1) is 12.8. The van der Waals surface area contributed by atoms with E-state index in [4.69, 9.17) is 5.11 Å². The van der Waals surface area contributed by atoms with Crippen LogP contribution >= 0.6 is 26.7 Å². The Kier molecular flexibility index (Phi) is 6.12. The van der Waals surface area contributed by atoms with Crippen LogP contribution in [0.3, 0.4) is 0 Å². The maximum Gasteiger partial charge on any atom is 0.303 e. The molecule has 3 rings (SSSR count). The Morgan fingerprint density at radius 2 is 1.93 bits per heavy atom.